The summed E-state index contributed by atoms with van der Waals surface area (Å²) in [7, 11) is 0. The molecule has 0 radical (unpaired) electrons. The van der Waals surface area contributed by atoms with Gasteiger partial charge in [0, 0.05) is 25.6 Å². The number of carbonyl (C=O) groups excluding carboxylic acids is 2. The van der Waals surface area contributed by atoms with Crippen LogP contribution in [0, 0.1) is 17.8 Å². The average Bonchev–Trinajstić information content (AvgIpc) is 2.25. The predicted molar refractivity (Wildman–Crippen MR) is 69.8 cm³/mol. The average molecular weight is 291 g/mol. The highest BCUT2D eigenvalue weighted by molar-refractivity contribution is 6.27. The quantitative estimate of drug-likeness (QED) is 0.539. The van der Waals surface area contributed by atoms with Gasteiger partial charge in [-0.25, -0.2) is 0 Å². The molecule has 0 saturated carbocycles. The molecule has 0 aromatic rings. The fraction of sp³-hybridized carbons (Fsp3) is 0.750. The molecule has 19 heavy (non-hydrogen) atoms. The molecule has 0 bridgehead atoms. The number of carboxylic acids is 1. The van der Waals surface area contributed by atoms with Crippen LogP contribution in [0.5, 0.6) is 0 Å². The fourth-order valence-corrected chi connectivity index (χ4v) is 2.21. The number of carbonyl (C=O) groups is 3. The van der Waals surface area contributed by atoms with E-state index in [1.807, 2.05) is 0 Å². The highest BCUT2D eigenvalue weighted by Gasteiger charge is 2.33. The molecule has 1 rings (SSSR count). The Bertz CT molecular complexity index is 367. The van der Waals surface area contributed by atoms with E-state index in [1.54, 1.807) is 18.7 Å². The van der Waals surface area contributed by atoms with Crippen molar-refractivity contribution in [2.45, 2.75) is 13.8 Å². The second-order valence-corrected chi connectivity index (χ2v) is 5.37. The van der Waals surface area contributed by atoms with Gasteiger partial charge in [-0.15, -0.1) is 11.6 Å². The van der Waals surface area contributed by atoms with Crippen molar-refractivity contribution < 1.29 is 19.5 Å². The maximum atomic E-state index is 11.7. The van der Waals surface area contributed by atoms with E-state index in [9.17, 15) is 14.4 Å². The predicted octanol–water partition coefficient (Wildman–Crippen LogP) is 0.157. The molecule has 0 aromatic heterocycles. The Morgan fingerprint density at radius 2 is 1.95 bits per heavy atom. The smallest absolute Gasteiger partial charge is 0.316 e. The van der Waals surface area contributed by atoms with Crippen LogP contribution in [-0.4, -0.2) is 53.3 Å². The fourth-order valence-electron chi connectivity index (χ4n) is 2.04. The lowest BCUT2D eigenvalue weighted by Gasteiger charge is -2.39. The topological polar surface area (TPSA) is 86.7 Å². The number of aliphatic carboxylic acids is 1. The van der Waals surface area contributed by atoms with Crippen molar-refractivity contribution in [1.29, 1.82) is 0 Å². The van der Waals surface area contributed by atoms with Gasteiger partial charge in [0.25, 0.3) is 0 Å². The minimum absolute atomic E-state index is 0.0342. The first-order chi connectivity index (χ1) is 8.86. The Morgan fingerprint density at radius 3 is 2.37 bits per heavy atom. The zero-order valence-electron chi connectivity index (χ0n) is 11.1. The molecule has 2 N–H and O–H groups in total. The Balaban J connectivity index is 2.32. The summed E-state index contributed by atoms with van der Waals surface area (Å²) in [6.07, 6.45) is 0. The third-order valence-corrected chi connectivity index (χ3v) is 3.43. The molecule has 1 aliphatic rings. The summed E-state index contributed by atoms with van der Waals surface area (Å²) in [4.78, 5) is 35.5. The summed E-state index contributed by atoms with van der Waals surface area (Å²) >= 11 is 5.42. The Morgan fingerprint density at radius 1 is 1.37 bits per heavy atom. The number of likely N-dealkylation sites (tertiary alicyclic amines) is 1. The monoisotopic (exact) mass is 290 g/mol. The highest BCUT2D eigenvalue weighted by Crippen LogP contribution is 2.16. The van der Waals surface area contributed by atoms with Gasteiger partial charge in [-0.2, -0.15) is 0 Å². The van der Waals surface area contributed by atoms with Crippen molar-refractivity contribution in [2.24, 2.45) is 17.8 Å². The normalized spacial score (nSPS) is 16.9. The summed E-state index contributed by atoms with van der Waals surface area (Å²) in [5.74, 6) is -2.83. The van der Waals surface area contributed by atoms with E-state index in [-0.39, 0.29) is 23.6 Å². The van der Waals surface area contributed by atoms with Crippen LogP contribution in [0.1, 0.15) is 13.8 Å². The molecule has 1 fully saturated rings. The largest absolute Gasteiger partial charge is 0.481 e. The number of nitrogens with zero attached hydrogens (tertiary/aromatic N) is 1. The molecular formula is C12H19ClN2O4. The number of amides is 2. The van der Waals surface area contributed by atoms with E-state index < -0.39 is 17.8 Å². The molecular weight excluding hydrogens is 272 g/mol. The molecule has 1 saturated heterocycles. The molecule has 7 heteroatoms. The van der Waals surface area contributed by atoms with Crippen LogP contribution < -0.4 is 5.32 Å². The van der Waals surface area contributed by atoms with Crippen LogP contribution >= 0.6 is 11.6 Å². The molecule has 0 aliphatic carbocycles. The first kappa shape index (κ1) is 15.8. The summed E-state index contributed by atoms with van der Waals surface area (Å²) in [5, 5.41) is 11.6. The molecule has 1 heterocycles. The number of carboxylic acid groups (broad SMARTS) is 1. The number of nitrogens with one attached hydrogen (secondary N) is 1. The van der Waals surface area contributed by atoms with Crippen LogP contribution in [-0.2, 0) is 14.4 Å². The summed E-state index contributed by atoms with van der Waals surface area (Å²) in [6.45, 7) is 4.91. The van der Waals surface area contributed by atoms with Crippen LogP contribution in [0.25, 0.3) is 0 Å². The summed E-state index contributed by atoms with van der Waals surface area (Å²) < 4.78 is 0. The van der Waals surface area contributed by atoms with Gasteiger partial charge in [-0.3, -0.25) is 14.4 Å². The van der Waals surface area contributed by atoms with Crippen molar-refractivity contribution in [2.75, 3.05) is 25.5 Å². The Labute approximate surface area is 117 Å². The number of hydrogen-bond donors (Lipinski definition) is 2. The van der Waals surface area contributed by atoms with Crippen LogP contribution in [0.3, 0.4) is 0 Å². The number of hydrogen-bond acceptors (Lipinski definition) is 3. The standard InChI is InChI=1S/C12H19ClN2O4/c1-7(2)10(12(18)19)11(17)14-4-8-5-15(6-8)9(16)3-13/h7-8,10H,3-6H2,1-2H3,(H,14,17)(H,18,19)/t10-/m0/s1. The maximum Gasteiger partial charge on any atom is 0.316 e. The van der Waals surface area contributed by atoms with Crippen molar-refractivity contribution in [1.82, 2.24) is 10.2 Å². The van der Waals surface area contributed by atoms with Crippen molar-refractivity contribution in [3.8, 4) is 0 Å². The molecule has 2 amide bonds. The maximum absolute atomic E-state index is 11.7. The van der Waals surface area contributed by atoms with E-state index in [2.05, 4.69) is 5.32 Å². The lowest BCUT2D eigenvalue weighted by molar-refractivity contribution is -0.149. The van der Waals surface area contributed by atoms with Crippen molar-refractivity contribution in [3.05, 3.63) is 0 Å². The van der Waals surface area contributed by atoms with Gasteiger partial charge >= 0.3 is 5.97 Å². The second-order valence-electron chi connectivity index (χ2n) is 5.10. The van der Waals surface area contributed by atoms with Crippen molar-refractivity contribution in [3.63, 3.8) is 0 Å². The van der Waals surface area contributed by atoms with Gasteiger partial charge in [0.15, 0.2) is 0 Å². The van der Waals surface area contributed by atoms with Crippen LogP contribution in [0.4, 0.5) is 0 Å². The molecule has 108 valence electrons. The summed E-state index contributed by atoms with van der Waals surface area (Å²) in [5.41, 5.74) is 0. The first-order valence-corrected chi connectivity index (χ1v) is 6.74. The third kappa shape index (κ3) is 4.09. The van der Waals surface area contributed by atoms with Gasteiger partial charge in [0.05, 0.1) is 0 Å². The lowest BCUT2D eigenvalue weighted by Crippen LogP contribution is -2.55. The van der Waals surface area contributed by atoms with Gasteiger partial charge in [0.1, 0.15) is 11.8 Å². The minimum Gasteiger partial charge on any atom is -0.481 e. The van der Waals surface area contributed by atoms with E-state index in [1.165, 1.54) is 0 Å². The zero-order chi connectivity index (χ0) is 14.6. The SMILES string of the molecule is CC(C)[C@H](C(=O)O)C(=O)NCC1CN(C(=O)CCl)C1. The highest BCUT2D eigenvalue weighted by atomic mass is 35.5. The van der Waals surface area contributed by atoms with Gasteiger partial charge in [-0.05, 0) is 5.92 Å². The van der Waals surface area contributed by atoms with Crippen LogP contribution in [0.15, 0.2) is 0 Å². The van der Waals surface area contributed by atoms with Gasteiger partial charge in [0.2, 0.25) is 11.8 Å². The molecule has 1 atom stereocenters. The van der Waals surface area contributed by atoms with Crippen LogP contribution in [0.2, 0.25) is 0 Å². The minimum atomic E-state index is -1.11. The number of rotatable bonds is 6. The van der Waals surface area contributed by atoms with Crippen molar-refractivity contribution >= 4 is 29.4 Å². The Kier molecular flexibility index (Phi) is 5.60. The number of alkyl halides is 1. The summed E-state index contributed by atoms with van der Waals surface area (Å²) in [6, 6.07) is 0. The molecule has 0 spiro atoms. The van der Waals surface area contributed by atoms with E-state index in [0.717, 1.165) is 0 Å². The van der Waals surface area contributed by atoms with E-state index in [0.29, 0.717) is 19.6 Å². The van der Waals surface area contributed by atoms with Gasteiger partial charge < -0.3 is 15.3 Å². The molecule has 6 nitrogen and oxygen atoms in total. The van der Waals surface area contributed by atoms with E-state index >= 15 is 0 Å². The van der Waals surface area contributed by atoms with Gasteiger partial charge in [-0.1, -0.05) is 13.8 Å². The lowest BCUT2D eigenvalue weighted by atomic mass is 9.94. The zero-order valence-corrected chi connectivity index (χ0v) is 11.8. The Hall–Kier alpha value is -1.30. The second kappa shape index (κ2) is 6.75. The van der Waals surface area contributed by atoms with E-state index in [4.69, 9.17) is 16.7 Å². The molecule has 0 aromatic carbocycles. The number of halogens is 1. The molecule has 1 aliphatic heterocycles. The first-order valence-electron chi connectivity index (χ1n) is 6.21. The molecule has 0 unspecified atom stereocenters. The third-order valence-electron chi connectivity index (χ3n) is 3.20.